The molecule has 0 fully saturated rings. The van der Waals surface area contributed by atoms with Crippen molar-refractivity contribution in [3.63, 3.8) is 0 Å². The summed E-state index contributed by atoms with van der Waals surface area (Å²) in [7, 11) is 0. The number of unbranched alkanes of at least 4 members (excludes halogenated alkanes) is 2. The Morgan fingerprint density at radius 1 is 1.32 bits per heavy atom. The summed E-state index contributed by atoms with van der Waals surface area (Å²) < 4.78 is 23.7. The second-order valence-corrected chi connectivity index (χ2v) is 4.89. The average Bonchev–Trinajstić information content (AvgIpc) is 2.38. The second-order valence-electron chi connectivity index (χ2n) is 4.04. The van der Waals surface area contributed by atoms with Crippen molar-refractivity contribution >= 4 is 21.9 Å². The summed E-state index contributed by atoms with van der Waals surface area (Å²) in [6, 6.07) is 4.56. The van der Waals surface area contributed by atoms with Crippen LogP contribution in [-0.4, -0.2) is 19.2 Å². The highest BCUT2D eigenvalue weighted by Gasteiger charge is 2.02. The molecule has 0 saturated carbocycles. The number of hydrogen-bond acceptors (Lipinski definition) is 3. The molecule has 3 nitrogen and oxygen atoms in total. The molecule has 1 aromatic carbocycles. The van der Waals surface area contributed by atoms with E-state index in [1.807, 2.05) is 0 Å². The van der Waals surface area contributed by atoms with Crippen molar-refractivity contribution in [3.05, 3.63) is 28.5 Å². The Morgan fingerprint density at radius 3 is 2.79 bits per heavy atom. The summed E-state index contributed by atoms with van der Waals surface area (Å²) in [5.74, 6) is 0.186. The third-order valence-corrected chi connectivity index (χ3v) is 3.10. The van der Waals surface area contributed by atoms with Gasteiger partial charge in [-0.1, -0.05) is 0 Å². The molecule has 0 spiro atoms. The Bertz CT molecular complexity index is 410. The van der Waals surface area contributed by atoms with Gasteiger partial charge in [0.2, 0.25) is 0 Å². The van der Waals surface area contributed by atoms with Crippen LogP contribution in [0.2, 0.25) is 0 Å². The first-order valence-corrected chi connectivity index (χ1v) is 7.16. The summed E-state index contributed by atoms with van der Waals surface area (Å²) in [4.78, 5) is 11.1. The third-order valence-electron chi connectivity index (χ3n) is 2.49. The fraction of sp³-hybridized carbons (Fsp3) is 0.500. The number of rotatable bonds is 8. The summed E-state index contributed by atoms with van der Waals surface area (Å²) in [6.07, 6.45) is 3.01. The van der Waals surface area contributed by atoms with Gasteiger partial charge < -0.3 is 9.47 Å². The van der Waals surface area contributed by atoms with Gasteiger partial charge >= 0.3 is 5.97 Å². The number of carbonyl (C=O) groups excluding carboxylic acids is 1. The van der Waals surface area contributed by atoms with Crippen molar-refractivity contribution in [2.45, 2.75) is 32.6 Å². The van der Waals surface area contributed by atoms with Gasteiger partial charge in [-0.05, 0) is 60.3 Å². The maximum atomic E-state index is 13.0. The van der Waals surface area contributed by atoms with E-state index in [9.17, 15) is 9.18 Å². The maximum absolute atomic E-state index is 13.0. The Labute approximate surface area is 121 Å². The highest BCUT2D eigenvalue weighted by atomic mass is 79.9. The van der Waals surface area contributed by atoms with Crippen LogP contribution in [0.5, 0.6) is 5.75 Å². The van der Waals surface area contributed by atoms with E-state index in [0.717, 1.165) is 19.3 Å². The molecule has 0 radical (unpaired) electrons. The topological polar surface area (TPSA) is 35.5 Å². The van der Waals surface area contributed by atoms with E-state index in [0.29, 0.717) is 29.9 Å². The van der Waals surface area contributed by atoms with Crippen LogP contribution in [0.1, 0.15) is 32.6 Å². The van der Waals surface area contributed by atoms with Gasteiger partial charge in [0.1, 0.15) is 11.6 Å². The summed E-state index contributed by atoms with van der Waals surface area (Å²) in [5.41, 5.74) is 0. The molecule has 0 aromatic heterocycles. The van der Waals surface area contributed by atoms with Crippen LogP contribution in [0.3, 0.4) is 0 Å². The molecule has 0 N–H and O–H groups in total. The quantitative estimate of drug-likeness (QED) is 0.531. The fourth-order valence-corrected chi connectivity index (χ4v) is 1.90. The first-order chi connectivity index (χ1) is 9.13. The molecule has 0 saturated heterocycles. The highest BCUT2D eigenvalue weighted by molar-refractivity contribution is 9.10. The lowest BCUT2D eigenvalue weighted by atomic mass is 10.2. The molecule has 0 aliphatic carbocycles. The first kappa shape index (κ1) is 16.0. The molecule has 106 valence electrons. The normalized spacial score (nSPS) is 10.3. The van der Waals surface area contributed by atoms with E-state index in [-0.39, 0.29) is 11.8 Å². The third kappa shape index (κ3) is 6.57. The van der Waals surface area contributed by atoms with Gasteiger partial charge in [0.15, 0.2) is 0 Å². The Hall–Kier alpha value is -1.10. The standard InChI is InChI=1S/C14H18BrFO3/c1-2-18-14(17)6-4-3-5-9-19-11-7-8-13(16)12(15)10-11/h7-8,10H,2-6,9H2,1H3. The van der Waals surface area contributed by atoms with Gasteiger partial charge in [0, 0.05) is 6.42 Å². The number of hydrogen-bond donors (Lipinski definition) is 0. The minimum atomic E-state index is -0.304. The zero-order valence-electron chi connectivity index (χ0n) is 11.0. The number of ether oxygens (including phenoxy) is 2. The predicted octanol–water partition coefficient (Wildman–Crippen LogP) is 4.09. The SMILES string of the molecule is CCOC(=O)CCCCCOc1ccc(F)c(Br)c1. The number of halogens is 2. The lowest BCUT2D eigenvalue weighted by Crippen LogP contribution is -2.04. The predicted molar refractivity (Wildman–Crippen MR) is 74.7 cm³/mol. The summed E-state index contributed by atoms with van der Waals surface area (Å²) in [6.45, 7) is 2.79. The van der Waals surface area contributed by atoms with Gasteiger partial charge in [-0.15, -0.1) is 0 Å². The van der Waals surface area contributed by atoms with E-state index in [4.69, 9.17) is 9.47 Å². The van der Waals surface area contributed by atoms with Crippen LogP contribution in [0, 0.1) is 5.82 Å². The molecule has 1 aromatic rings. The second kappa shape index (κ2) is 8.91. The molecule has 19 heavy (non-hydrogen) atoms. The molecule has 5 heteroatoms. The zero-order valence-corrected chi connectivity index (χ0v) is 12.5. The van der Waals surface area contributed by atoms with Gasteiger partial charge in [0.25, 0.3) is 0 Å². The molecule has 0 bridgehead atoms. The van der Waals surface area contributed by atoms with Crippen molar-refractivity contribution in [1.82, 2.24) is 0 Å². The molecular weight excluding hydrogens is 315 g/mol. The van der Waals surface area contributed by atoms with Crippen LogP contribution < -0.4 is 4.74 Å². The van der Waals surface area contributed by atoms with E-state index in [1.165, 1.54) is 6.07 Å². The van der Waals surface area contributed by atoms with Gasteiger partial charge in [-0.25, -0.2) is 4.39 Å². The van der Waals surface area contributed by atoms with Crippen LogP contribution in [-0.2, 0) is 9.53 Å². The van der Waals surface area contributed by atoms with Crippen LogP contribution in [0.25, 0.3) is 0 Å². The monoisotopic (exact) mass is 332 g/mol. The van der Waals surface area contributed by atoms with Crippen molar-refractivity contribution in [2.24, 2.45) is 0 Å². The number of benzene rings is 1. The molecule has 0 heterocycles. The maximum Gasteiger partial charge on any atom is 0.305 e. The molecular formula is C14H18BrFO3. The number of esters is 1. The lowest BCUT2D eigenvalue weighted by Gasteiger charge is -2.06. The molecule has 0 aliphatic heterocycles. The summed E-state index contributed by atoms with van der Waals surface area (Å²) >= 11 is 3.10. The van der Waals surface area contributed by atoms with E-state index in [2.05, 4.69) is 15.9 Å². The Kier molecular flexibility index (Phi) is 7.48. The zero-order chi connectivity index (χ0) is 14.1. The van der Waals surface area contributed by atoms with Crippen LogP contribution in [0.15, 0.2) is 22.7 Å². The molecule has 1 rings (SSSR count). The minimum Gasteiger partial charge on any atom is -0.494 e. The van der Waals surface area contributed by atoms with Crippen LogP contribution >= 0.6 is 15.9 Å². The molecule has 0 aliphatic rings. The minimum absolute atomic E-state index is 0.147. The average molecular weight is 333 g/mol. The van der Waals surface area contributed by atoms with Gasteiger partial charge in [-0.3, -0.25) is 4.79 Å². The Balaban J connectivity index is 2.10. The molecule has 0 amide bonds. The fourth-order valence-electron chi connectivity index (χ4n) is 1.54. The Morgan fingerprint density at radius 2 is 2.11 bits per heavy atom. The van der Waals surface area contributed by atoms with Crippen molar-refractivity contribution in [2.75, 3.05) is 13.2 Å². The van der Waals surface area contributed by atoms with Gasteiger partial charge in [0.05, 0.1) is 17.7 Å². The lowest BCUT2D eigenvalue weighted by molar-refractivity contribution is -0.143. The van der Waals surface area contributed by atoms with Crippen molar-refractivity contribution in [1.29, 1.82) is 0 Å². The smallest absolute Gasteiger partial charge is 0.305 e. The van der Waals surface area contributed by atoms with Crippen LogP contribution in [0.4, 0.5) is 4.39 Å². The molecule has 0 atom stereocenters. The van der Waals surface area contributed by atoms with E-state index >= 15 is 0 Å². The van der Waals surface area contributed by atoms with Crippen molar-refractivity contribution < 1.29 is 18.7 Å². The molecule has 0 unspecified atom stereocenters. The van der Waals surface area contributed by atoms with Crippen molar-refractivity contribution in [3.8, 4) is 5.75 Å². The van der Waals surface area contributed by atoms with E-state index in [1.54, 1.807) is 19.1 Å². The van der Waals surface area contributed by atoms with E-state index < -0.39 is 0 Å². The van der Waals surface area contributed by atoms with Gasteiger partial charge in [-0.2, -0.15) is 0 Å². The first-order valence-electron chi connectivity index (χ1n) is 6.37. The summed E-state index contributed by atoms with van der Waals surface area (Å²) in [5, 5.41) is 0. The number of carbonyl (C=O) groups is 1. The largest absolute Gasteiger partial charge is 0.494 e. The highest BCUT2D eigenvalue weighted by Crippen LogP contribution is 2.21.